The molecule has 0 radical (unpaired) electrons. The number of alkyl carbamates (subject to hydrolysis) is 1. The molecule has 1 aliphatic rings. The van der Waals surface area contributed by atoms with E-state index in [-0.39, 0.29) is 18.9 Å². The molecule has 0 fully saturated rings. The van der Waals surface area contributed by atoms with Gasteiger partial charge in [0.05, 0.1) is 0 Å². The molecule has 1 atom stereocenters. The Morgan fingerprint density at radius 3 is 1.97 bits per heavy atom. The third-order valence-electron chi connectivity index (χ3n) is 6.92. The summed E-state index contributed by atoms with van der Waals surface area (Å²) in [4.78, 5) is 25.0. The zero-order chi connectivity index (χ0) is 26.5. The van der Waals surface area contributed by atoms with Gasteiger partial charge in [0.25, 0.3) is 0 Å². The molecule has 6 nitrogen and oxygen atoms in total. The number of fused-ring (bicyclic) bond motifs is 3. The Balaban J connectivity index is 1.21. The molecule has 192 valence electrons. The summed E-state index contributed by atoms with van der Waals surface area (Å²) < 4.78 is 11.4. The number of nitrogens with one attached hydrogen (secondary N) is 1. The van der Waals surface area contributed by atoms with E-state index in [2.05, 4.69) is 17.4 Å². The van der Waals surface area contributed by atoms with E-state index in [1.165, 1.54) is 6.92 Å². The van der Waals surface area contributed by atoms with Gasteiger partial charge in [-0.15, -0.1) is 0 Å². The standard InChI is InChI=1S/C32H29NO5/c1-32(30(34)35,19-22-15-17-24(18-16-22)37-20-23-9-3-2-4-10-23)33-31(36)38-21-29-27-13-7-5-11-25(27)26-12-6-8-14-28(26)29/h2-18,29H,19-21H2,1H3,(H,33,36)(H,34,35). The van der Waals surface area contributed by atoms with Gasteiger partial charge in [0.15, 0.2) is 0 Å². The van der Waals surface area contributed by atoms with E-state index in [9.17, 15) is 14.7 Å². The average molecular weight is 508 g/mol. The summed E-state index contributed by atoms with van der Waals surface area (Å²) in [5.41, 5.74) is 4.71. The quantitative estimate of drug-likeness (QED) is 0.282. The van der Waals surface area contributed by atoms with Crippen LogP contribution < -0.4 is 10.1 Å². The van der Waals surface area contributed by atoms with Crippen LogP contribution in [0.25, 0.3) is 11.1 Å². The molecule has 1 unspecified atom stereocenters. The van der Waals surface area contributed by atoms with E-state index in [4.69, 9.17) is 9.47 Å². The lowest BCUT2D eigenvalue weighted by Gasteiger charge is -2.26. The summed E-state index contributed by atoms with van der Waals surface area (Å²) in [5.74, 6) is -0.567. The Bertz CT molecular complexity index is 1390. The molecule has 4 aromatic carbocycles. The van der Waals surface area contributed by atoms with E-state index < -0.39 is 17.6 Å². The third kappa shape index (κ3) is 5.39. The van der Waals surface area contributed by atoms with Crippen LogP contribution in [0.5, 0.6) is 5.75 Å². The van der Waals surface area contributed by atoms with E-state index in [0.29, 0.717) is 12.4 Å². The zero-order valence-electron chi connectivity index (χ0n) is 21.1. The maximum Gasteiger partial charge on any atom is 0.408 e. The van der Waals surface area contributed by atoms with Crippen molar-refractivity contribution >= 4 is 12.1 Å². The van der Waals surface area contributed by atoms with Crippen LogP contribution in [0.2, 0.25) is 0 Å². The largest absolute Gasteiger partial charge is 0.489 e. The van der Waals surface area contributed by atoms with Crippen LogP contribution in [-0.4, -0.2) is 29.3 Å². The Hall–Kier alpha value is -4.58. The summed E-state index contributed by atoms with van der Waals surface area (Å²) in [7, 11) is 0. The number of hydrogen-bond donors (Lipinski definition) is 2. The van der Waals surface area contributed by atoms with Gasteiger partial charge >= 0.3 is 12.1 Å². The number of aliphatic carboxylic acids is 1. The van der Waals surface area contributed by atoms with Crippen LogP contribution >= 0.6 is 0 Å². The minimum absolute atomic E-state index is 0.0888. The number of amides is 1. The molecule has 4 aromatic rings. The average Bonchev–Trinajstić information content (AvgIpc) is 3.25. The lowest BCUT2D eigenvalue weighted by molar-refractivity contribution is -0.143. The summed E-state index contributed by atoms with van der Waals surface area (Å²) in [6.07, 6.45) is -0.675. The van der Waals surface area contributed by atoms with Gasteiger partial charge < -0.3 is 19.9 Å². The number of carbonyl (C=O) groups is 2. The van der Waals surface area contributed by atoms with Crippen molar-refractivity contribution in [1.82, 2.24) is 5.32 Å². The Kier molecular flexibility index (Phi) is 7.13. The number of ether oxygens (including phenoxy) is 2. The van der Waals surface area contributed by atoms with Crippen LogP contribution in [-0.2, 0) is 22.6 Å². The van der Waals surface area contributed by atoms with Gasteiger partial charge in [0, 0.05) is 12.3 Å². The third-order valence-corrected chi connectivity index (χ3v) is 6.92. The van der Waals surface area contributed by atoms with Crippen molar-refractivity contribution in [2.45, 2.75) is 31.4 Å². The van der Waals surface area contributed by atoms with Crippen LogP contribution in [0, 0.1) is 0 Å². The Morgan fingerprint density at radius 2 is 1.37 bits per heavy atom. The molecule has 0 aromatic heterocycles. The second-order valence-corrected chi connectivity index (χ2v) is 9.68. The molecular weight excluding hydrogens is 478 g/mol. The van der Waals surface area contributed by atoms with Gasteiger partial charge in [-0.2, -0.15) is 0 Å². The lowest BCUT2D eigenvalue weighted by Crippen LogP contribution is -2.54. The van der Waals surface area contributed by atoms with Crippen LogP contribution in [0.4, 0.5) is 4.79 Å². The zero-order valence-corrected chi connectivity index (χ0v) is 21.1. The van der Waals surface area contributed by atoms with Crippen molar-refractivity contribution in [3.63, 3.8) is 0 Å². The maximum absolute atomic E-state index is 12.8. The highest BCUT2D eigenvalue weighted by Gasteiger charge is 2.36. The van der Waals surface area contributed by atoms with Crippen LogP contribution in [0.3, 0.4) is 0 Å². The molecule has 1 aliphatic carbocycles. The van der Waals surface area contributed by atoms with Crippen molar-refractivity contribution in [2.24, 2.45) is 0 Å². The highest BCUT2D eigenvalue weighted by molar-refractivity contribution is 5.84. The second kappa shape index (κ2) is 10.8. The monoisotopic (exact) mass is 507 g/mol. The first-order valence-electron chi connectivity index (χ1n) is 12.6. The highest BCUT2D eigenvalue weighted by atomic mass is 16.5. The first kappa shape index (κ1) is 25.1. The van der Waals surface area contributed by atoms with Gasteiger partial charge in [0.1, 0.15) is 24.5 Å². The lowest BCUT2D eigenvalue weighted by atomic mass is 9.93. The minimum atomic E-state index is -1.55. The summed E-state index contributed by atoms with van der Waals surface area (Å²) >= 11 is 0. The summed E-state index contributed by atoms with van der Waals surface area (Å²) in [6, 6.07) is 33.2. The molecule has 6 heteroatoms. The fraction of sp³-hybridized carbons (Fsp3) is 0.188. The molecule has 0 spiro atoms. The predicted octanol–water partition coefficient (Wildman–Crippen LogP) is 6.19. The molecule has 0 saturated carbocycles. The van der Waals surface area contributed by atoms with Crippen LogP contribution in [0.15, 0.2) is 103 Å². The Morgan fingerprint density at radius 1 is 0.789 bits per heavy atom. The second-order valence-electron chi connectivity index (χ2n) is 9.68. The normalized spacial score (nSPS) is 13.6. The Labute approximate surface area is 221 Å². The number of benzene rings is 4. The molecular formula is C32H29NO5. The van der Waals surface area contributed by atoms with Crippen molar-refractivity contribution in [3.8, 4) is 16.9 Å². The number of hydrogen-bond acceptors (Lipinski definition) is 4. The SMILES string of the molecule is CC(Cc1ccc(OCc2ccccc2)cc1)(NC(=O)OCC1c2ccccc2-c2ccccc21)C(=O)O. The number of carboxylic acids is 1. The van der Waals surface area contributed by atoms with Gasteiger partial charge in [-0.1, -0.05) is 91.0 Å². The fourth-order valence-electron chi connectivity index (χ4n) is 4.89. The first-order valence-corrected chi connectivity index (χ1v) is 12.6. The molecule has 0 saturated heterocycles. The molecule has 0 heterocycles. The van der Waals surface area contributed by atoms with E-state index in [1.807, 2.05) is 66.7 Å². The number of rotatable bonds is 9. The van der Waals surface area contributed by atoms with Gasteiger partial charge in [-0.05, 0) is 52.4 Å². The van der Waals surface area contributed by atoms with Crippen molar-refractivity contribution in [1.29, 1.82) is 0 Å². The maximum atomic E-state index is 12.8. The molecule has 38 heavy (non-hydrogen) atoms. The van der Waals surface area contributed by atoms with Gasteiger partial charge in [-0.3, -0.25) is 0 Å². The van der Waals surface area contributed by atoms with E-state index >= 15 is 0 Å². The molecule has 2 N–H and O–H groups in total. The van der Waals surface area contributed by atoms with Crippen LogP contribution in [0.1, 0.15) is 35.1 Å². The molecule has 0 aliphatic heterocycles. The number of carbonyl (C=O) groups excluding carboxylic acids is 1. The smallest absolute Gasteiger partial charge is 0.408 e. The topological polar surface area (TPSA) is 84.9 Å². The van der Waals surface area contributed by atoms with Crippen molar-refractivity contribution in [3.05, 3.63) is 125 Å². The van der Waals surface area contributed by atoms with Crippen molar-refractivity contribution < 1.29 is 24.2 Å². The van der Waals surface area contributed by atoms with Gasteiger partial charge in [-0.25, -0.2) is 9.59 Å². The van der Waals surface area contributed by atoms with E-state index in [0.717, 1.165) is 33.4 Å². The highest BCUT2D eigenvalue weighted by Crippen LogP contribution is 2.44. The summed E-state index contributed by atoms with van der Waals surface area (Å²) in [5, 5.41) is 12.5. The fourth-order valence-corrected chi connectivity index (χ4v) is 4.89. The molecule has 0 bridgehead atoms. The number of carboxylic acid groups (broad SMARTS) is 1. The van der Waals surface area contributed by atoms with Crippen molar-refractivity contribution in [2.75, 3.05) is 6.61 Å². The van der Waals surface area contributed by atoms with E-state index in [1.54, 1.807) is 24.3 Å². The van der Waals surface area contributed by atoms with Gasteiger partial charge in [0.2, 0.25) is 0 Å². The minimum Gasteiger partial charge on any atom is -0.489 e. The first-order chi connectivity index (χ1) is 18.4. The molecule has 5 rings (SSSR count). The summed E-state index contributed by atoms with van der Waals surface area (Å²) in [6.45, 7) is 2.04. The predicted molar refractivity (Wildman–Crippen MR) is 145 cm³/mol. The molecule has 1 amide bonds.